The van der Waals surface area contributed by atoms with Crippen molar-refractivity contribution in [1.29, 1.82) is 0 Å². The van der Waals surface area contributed by atoms with Crippen LogP contribution in [0.1, 0.15) is 54.4 Å². The molecule has 136 valence electrons. The largest absolute Gasteiger partial charge is 0.450 e. The number of morpholine rings is 1. The molecule has 3 heterocycles. The average molecular weight is 346 g/mol. The van der Waals surface area contributed by atoms with Gasteiger partial charge in [0.1, 0.15) is 11.2 Å². The molecule has 1 aliphatic carbocycles. The van der Waals surface area contributed by atoms with E-state index in [9.17, 15) is 9.59 Å². The molecule has 2 fully saturated rings. The van der Waals surface area contributed by atoms with Crippen molar-refractivity contribution in [3.63, 3.8) is 0 Å². The Kier molecular flexibility index (Phi) is 4.65. The van der Waals surface area contributed by atoms with E-state index in [1.807, 2.05) is 12.3 Å². The monoisotopic (exact) mass is 346 g/mol. The van der Waals surface area contributed by atoms with Gasteiger partial charge in [-0.15, -0.1) is 0 Å². The van der Waals surface area contributed by atoms with Gasteiger partial charge in [0.05, 0.1) is 13.2 Å². The van der Waals surface area contributed by atoms with Gasteiger partial charge < -0.3 is 14.0 Å². The number of carbonyl (C=O) groups is 1. The number of ether oxygens (including phenoxy) is 2. The molecular weight excluding hydrogens is 320 g/mol. The normalized spacial score (nSPS) is 22.8. The lowest BCUT2D eigenvalue weighted by Gasteiger charge is -2.32. The molecule has 1 aromatic heterocycles. The number of aryl methyl sites for hydroxylation is 1. The van der Waals surface area contributed by atoms with Crippen LogP contribution in [-0.4, -0.2) is 48.3 Å². The van der Waals surface area contributed by atoms with Crippen molar-refractivity contribution in [2.24, 2.45) is 0 Å². The van der Waals surface area contributed by atoms with E-state index in [1.165, 1.54) is 6.42 Å². The Hall–Kier alpha value is -1.66. The minimum absolute atomic E-state index is 0.188. The Bertz CT molecular complexity index is 700. The highest BCUT2D eigenvalue weighted by Crippen LogP contribution is 2.45. The summed E-state index contributed by atoms with van der Waals surface area (Å²) in [5.74, 6) is -0.426. The first-order valence-electron chi connectivity index (χ1n) is 9.47. The highest BCUT2D eigenvalue weighted by atomic mass is 16.6. The molecule has 0 aromatic carbocycles. The molecule has 1 saturated carbocycles. The molecule has 0 radical (unpaired) electrons. The number of hydrogen-bond acceptors (Lipinski definition) is 5. The van der Waals surface area contributed by atoms with Crippen LogP contribution in [0.4, 0.5) is 0 Å². The summed E-state index contributed by atoms with van der Waals surface area (Å²) in [7, 11) is 0. The van der Waals surface area contributed by atoms with Gasteiger partial charge in [0.15, 0.2) is 0 Å². The van der Waals surface area contributed by atoms with Gasteiger partial charge in [-0.25, -0.2) is 4.79 Å². The minimum Gasteiger partial charge on any atom is -0.450 e. The predicted octanol–water partition coefficient (Wildman–Crippen LogP) is 1.90. The molecule has 0 atom stereocenters. The van der Waals surface area contributed by atoms with Gasteiger partial charge in [-0.3, -0.25) is 9.69 Å². The zero-order chi connectivity index (χ0) is 17.3. The zero-order valence-corrected chi connectivity index (χ0v) is 14.7. The van der Waals surface area contributed by atoms with E-state index >= 15 is 0 Å². The van der Waals surface area contributed by atoms with Crippen LogP contribution in [0.25, 0.3) is 0 Å². The Morgan fingerprint density at radius 2 is 1.80 bits per heavy atom. The first-order valence-corrected chi connectivity index (χ1v) is 9.47. The summed E-state index contributed by atoms with van der Waals surface area (Å²) in [6.07, 6.45) is 7.69. The maximum Gasteiger partial charge on any atom is 0.345 e. The number of pyridine rings is 1. The van der Waals surface area contributed by atoms with E-state index < -0.39 is 11.6 Å². The van der Waals surface area contributed by atoms with Crippen LogP contribution < -0.4 is 5.56 Å². The van der Waals surface area contributed by atoms with Crippen LogP contribution >= 0.6 is 0 Å². The number of nitrogens with zero attached hydrogens (tertiary/aromatic N) is 2. The number of carbonyl (C=O) groups excluding carboxylic acids is 1. The summed E-state index contributed by atoms with van der Waals surface area (Å²) in [6, 6.07) is 1.95. The van der Waals surface area contributed by atoms with E-state index in [0.717, 1.165) is 70.5 Å². The number of fused-ring (bicyclic) bond motifs is 2. The molecule has 0 bridgehead atoms. The second-order valence-corrected chi connectivity index (χ2v) is 7.35. The topological polar surface area (TPSA) is 60.8 Å². The summed E-state index contributed by atoms with van der Waals surface area (Å²) in [4.78, 5) is 27.5. The van der Waals surface area contributed by atoms with Crippen molar-refractivity contribution in [3.8, 4) is 0 Å². The summed E-state index contributed by atoms with van der Waals surface area (Å²) in [6.45, 7) is 5.05. The van der Waals surface area contributed by atoms with Crippen LogP contribution in [0.15, 0.2) is 17.1 Å². The van der Waals surface area contributed by atoms with E-state index in [4.69, 9.17) is 9.47 Å². The van der Waals surface area contributed by atoms with Crippen molar-refractivity contribution >= 4 is 5.97 Å². The molecule has 0 N–H and O–H groups in total. The lowest BCUT2D eigenvalue weighted by molar-refractivity contribution is -0.0280. The fourth-order valence-electron chi connectivity index (χ4n) is 4.39. The fraction of sp³-hybridized carbons (Fsp3) is 0.684. The number of hydrogen-bond donors (Lipinski definition) is 0. The van der Waals surface area contributed by atoms with Crippen LogP contribution in [-0.2, 0) is 21.6 Å². The van der Waals surface area contributed by atoms with Crippen LogP contribution in [0.5, 0.6) is 0 Å². The van der Waals surface area contributed by atoms with Crippen molar-refractivity contribution in [2.45, 2.75) is 50.7 Å². The van der Waals surface area contributed by atoms with E-state index in [-0.39, 0.29) is 11.1 Å². The molecule has 6 heteroatoms. The Labute approximate surface area is 147 Å². The van der Waals surface area contributed by atoms with Crippen molar-refractivity contribution in [3.05, 3.63) is 33.7 Å². The molecule has 25 heavy (non-hydrogen) atoms. The quantitative estimate of drug-likeness (QED) is 0.780. The van der Waals surface area contributed by atoms with Gasteiger partial charge in [-0.1, -0.05) is 6.42 Å². The van der Waals surface area contributed by atoms with Crippen LogP contribution in [0, 0.1) is 0 Å². The zero-order valence-electron chi connectivity index (χ0n) is 14.7. The highest BCUT2D eigenvalue weighted by Gasteiger charge is 2.47. The molecule has 0 amide bonds. The second-order valence-electron chi connectivity index (χ2n) is 7.35. The lowest BCUT2D eigenvalue weighted by atomic mass is 9.80. The van der Waals surface area contributed by atoms with Gasteiger partial charge in [0, 0.05) is 37.9 Å². The second kappa shape index (κ2) is 6.92. The molecule has 1 aromatic rings. The molecule has 6 nitrogen and oxygen atoms in total. The van der Waals surface area contributed by atoms with E-state index in [1.54, 1.807) is 4.57 Å². The maximum absolute atomic E-state index is 12.8. The molecule has 3 aliphatic rings. The fourth-order valence-corrected chi connectivity index (χ4v) is 4.39. The first kappa shape index (κ1) is 16.8. The third-order valence-electron chi connectivity index (χ3n) is 5.79. The first-order chi connectivity index (χ1) is 12.2. The Balaban J connectivity index is 1.49. The molecule has 0 unspecified atom stereocenters. The summed E-state index contributed by atoms with van der Waals surface area (Å²) < 4.78 is 12.7. The van der Waals surface area contributed by atoms with Crippen LogP contribution in [0.2, 0.25) is 0 Å². The van der Waals surface area contributed by atoms with Gasteiger partial charge in [0.2, 0.25) is 0 Å². The third-order valence-corrected chi connectivity index (χ3v) is 5.79. The van der Waals surface area contributed by atoms with E-state index in [0.29, 0.717) is 6.54 Å². The SMILES string of the molecule is O=C1OC2(CCCCC2)c2ccn(CCCN3CCOCC3)c(=O)c21. The summed E-state index contributed by atoms with van der Waals surface area (Å²) in [5.41, 5.74) is 0.380. The lowest BCUT2D eigenvalue weighted by Crippen LogP contribution is -2.37. The van der Waals surface area contributed by atoms with Gasteiger partial charge >= 0.3 is 5.97 Å². The summed E-state index contributed by atoms with van der Waals surface area (Å²) in [5, 5.41) is 0. The number of esters is 1. The smallest absolute Gasteiger partial charge is 0.345 e. The number of rotatable bonds is 4. The van der Waals surface area contributed by atoms with Gasteiger partial charge in [0.25, 0.3) is 5.56 Å². The van der Waals surface area contributed by atoms with E-state index in [2.05, 4.69) is 4.90 Å². The average Bonchev–Trinajstić information content (AvgIpc) is 2.90. The van der Waals surface area contributed by atoms with Crippen molar-refractivity contribution in [1.82, 2.24) is 9.47 Å². The maximum atomic E-state index is 12.8. The van der Waals surface area contributed by atoms with Gasteiger partial charge in [-0.05, 0) is 38.2 Å². The van der Waals surface area contributed by atoms with Crippen molar-refractivity contribution < 1.29 is 14.3 Å². The van der Waals surface area contributed by atoms with Crippen molar-refractivity contribution in [2.75, 3.05) is 32.8 Å². The standard InChI is InChI=1S/C19H26N2O4/c22-17-16-15(19(25-18(16)23)6-2-1-3-7-19)5-10-21(17)9-4-8-20-11-13-24-14-12-20/h5,10H,1-4,6-9,11-14H2. The van der Waals surface area contributed by atoms with Crippen LogP contribution in [0.3, 0.4) is 0 Å². The molecule has 2 aliphatic heterocycles. The third kappa shape index (κ3) is 3.13. The molecule has 1 saturated heterocycles. The minimum atomic E-state index is -0.531. The molecule has 1 spiro atoms. The highest BCUT2D eigenvalue weighted by molar-refractivity contribution is 5.94. The molecular formula is C19H26N2O4. The molecule has 4 rings (SSSR count). The Morgan fingerprint density at radius 3 is 2.56 bits per heavy atom. The summed E-state index contributed by atoms with van der Waals surface area (Å²) >= 11 is 0. The Morgan fingerprint density at radius 1 is 1.04 bits per heavy atom. The predicted molar refractivity (Wildman–Crippen MR) is 92.8 cm³/mol. The number of aromatic nitrogens is 1. The van der Waals surface area contributed by atoms with Gasteiger partial charge in [-0.2, -0.15) is 0 Å².